The number of nitrogens with zero attached hydrogens (tertiary/aromatic N) is 3. The van der Waals surface area contributed by atoms with Crippen molar-refractivity contribution in [3.05, 3.63) is 41.6 Å². The van der Waals surface area contributed by atoms with Crippen LogP contribution >= 0.6 is 0 Å². The number of hydrogen-bond donors (Lipinski definition) is 1. The summed E-state index contributed by atoms with van der Waals surface area (Å²) < 4.78 is 11.6. The van der Waals surface area contributed by atoms with E-state index >= 15 is 0 Å². The number of nitriles is 1. The van der Waals surface area contributed by atoms with E-state index in [4.69, 9.17) is 20.5 Å². The Labute approximate surface area is 121 Å². The number of ether oxygens (including phenoxy) is 2. The third-order valence-electron chi connectivity index (χ3n) is 2.74. The van der Waals surface area contributed by atoms with E-state index in [0.29, 0.717) is 17.1 Å². The molecular weight excluding hydrogens is 272 g/mol. The summed E-state index contributed by atoms with van der Waals surface area (Å²) in [5, 5.41) is 12.8. The van der Waals surface area contributed by atoms with E-state index in [1.54, 1.807) is 30.5 Å². The summed E-state index contributed by atoms with van der Waals surface area (Å²) in [5.74, 6) is 0.368. The molecule has 0 spiro atoms. The topological polar surface area (TPSA) is 103 Å². The van der Waals surface area contributed by atoms with Gasteiger partial charge >= 0.3 is 5.97 Å². The molecular formula is C14H14N4O3. The minimum Gasteiger partial charge on any atom is -0.495 e. The molecule has 108 valence electrons. The second-order valence-electron chi connectivity index (χ2n) is 4.25. The molecule has 21 heavy (non-hydrogen) atoms. The van der Waals surface area contributed by atoms with Gasteiger partial charge in [0, 0.05) is 6.20 Å². The number of methoxy groups -OCH3 is 1. The zero-order chi connectivity index (χ0) is 15.2. The fraction of sp³-hybridized carbons (Fsp3) is 0.214. The summed E-state index contributed by atoms with van der Waals surface area (Å²) >= 11 is 0. The molecule has 0 aliphatic heterocycles. The Kier molecular flexibility index (Phi) is 4.41. The average Bonchev–Trinajstić information content (AvgIpc) is 2.89. The smallest absolute Gasteiger partial charge is 0.328 e. The summed E-state index contributed by atoms with van der Waals surface area (Å²) in [4.78, 5) is 11.7. The average molecular weight is 286 g/mol. The maximum Gasteiger partial charge on any atom is 0.328 e. The number of carbonyl (C=O) groups is 1. The molecule has 0 amide bonds. The Morgan fingerprint density at radius 2 is 2.29 bits per heavy atom. The molecule has 2 rings (SSSR count). The van der Waals surface area contributed by atoms with Gasteiger partial charge in [-0.1, -0.05) is 6.07 Å². The maximum absolute atomic E-state index is 11.7. The highest BCUT2D eigenvalue weighted by atomic mass is 16.5. The van der Waals surface area contributed by atoms with Crippen molar-refractivity contribution in [2.45, 2.75) is 13.2 Å². The first kappa shape index (κ1) is 14.4. The van der Waals surface area contributed by atoms with Crippen molar-refractivity contribution in [1.82, 2.24) is 9.78 Å². The van der Waals surface area contributed by atoms with Crippen molar-refractivity contribution in [2.75, 3.05) is 12.8 Å². The lowest BCUT2D eigenvalue weighted by molar-refractivity contribution is -0.145. The molecule has 0 aliphatic rings. The van der Waals surface area contributed by atoms with E-state index in [9.17, 15) is 4.79 Å². The molecule has 2 aromatic rings. The molecule has 0 radical (unpaired) electrons. The number of rotatable bonds is 5. The lowest BCUT2D eigenvalue weighted by Crippen LogP contribution is -2.14. The van der Waals surface area contributed by atoms with E-state index in [1.165, 1.54) is 11.8 Å². The van der Waals surface area contributed by atoms with Crippen LogP contribution in [0.25, 0.3) is 0 Å². The fourth-order valence-corrected chi connectivity index (χ4v) is 1.72. The van der Waals surface area contributed by atoms with Crippen LogP contribution in [0.1, 0.15) is 11.1 Å². The van der Waals surface area contributed by atoms with Crippen molar-refractivity contribution in [2.24, 2.45) is 0 Å². The molecule has 2 N–H and O–H groups in total. The van der Waals surface area contributed by atoms with Crippen LogP contribution in [0.2, 0.25) is 0 Å². The van der Waals surface area contributed by atoms with Gasteiger partial charge in [-0.15, -0.1) is 0 Å². The second-order valence-corrected chi connectivity index (χ2v) is 4.25. The van der Waals surface area contributed by atoms with Crippen molar-refractivity contribution >= 4 is 11.8 Å². The molecule has 1 aromatic heterocycles. The molecule has 0 bridgehead atoms. The van der Waals surface area contributed by atoms with Crippen LogP contribution in [0.3, 0.4) is 0 Å². The Hall–Kier alpha value is -3.01. The largest absolute Gasteiger partial charge is 0.495 e. The van der Waals surface area contributed by atoms with Gasteiger partial charge in [-0.05, 0) is 23.8 Å². The molecule has 0 atom stereocenters. The summed E-state index contributed by atoms with van der Waals surface area (Å²) in [7, 11) is 1.48. The second kappa shape index (κ2) is 6.43. The van der Waals surface area contributed by atoms with E-state index in [0.717, 1.165) is 5.56 Å². The van der Waals surface area contributed by atoms with Crippen molar-refractivity contribution in [1.29, 1.82) is 5.26 Å². The highest BCUT2D eigenvalue weighted by molar-refractivity contribution is 5.69. The molecule has 0 unspecified atom stereocenters. The minimum atomic E-state index is -0.429. The number of nitrogen functional groups attached to an aromatic ring is 1. The van der Waals surface area contributed by atoms with Crippen molar-refractivity contribution < 1.29 is 14.3 Å². The van der Waals surface area contributed by atoms with Crippen LogP contribution in [0.5, 0.6) is 5.75 Å². The summed E-state index contributed by atoms with van der Waals surface area (Å²) in [5.41, 5.74) is 6.62. The monoisotopic (exact) mass is 286 g/mol. The molecule has 1 aromatic carbocycles. The Balaban J connectivity index is 1.93. The van der Waals surface area contributed by atoms with Gasteiger partial charge in [0.15, 0.2) is 0 Å². The number of esters is 1. The normalized spacial score (nSPS) is 9.90. The molecule has 0 aliphatic carbocycles. The van der Waals surface area contributed by atoms with Crippen LogP contribution in [0.15, 0.2) is 30.5 Å². The zero-order valence-corrected chi connectivity index (χ0v) is 11.4. The highest BCUT2D eigenvalue weighted by Crippen LogP contribution is 2.19. The quantitative estimate of drug-likeness (QED) is 0.825. The fourth-order valence-electron chi connectivity index (χ4n) is 1.72. The van der Waals surface area contributed by atoms with Gasteiger partial charge in [0.2, 0.25) is 0 Å². The number of aromatic nitrogens is 2. The molecule has 0 fully saturated rings. The van der Waals surface area contributed by atoms with Crippen molar-refractivity contribution in [3.8, 4) is 11.8 Å². The number of carbonyl (C=O) groups excluding carboxylic acids is 1. The Morgan fingerprint density at radius 1 is 1.48 bits per heavy atom. The third kappa shape index (κ3) is 3.73. The number of benzene rings is 1. The highest BCUT2D eigenvalue weighted by Gasteiger charge is 2.08. The molecule has 7 nitrogen and oxygen atoms in total. The lowest BCUT2D eigenvalue weighted by Gasteiger charge is -2.08. The summed E-state index contributed by atoms with van der Waals surface area (Å²) in [6, 6.07) is 8.61. The zero-order valence-electron chi connectivity index (χ0n) is 11.4. The van der Waals surface area contributed by atoms with Gasteiger partial charge in [-0.3, -0.25) is 9.48 Å². The first-order valence-corrected chi connectivity index (χ1v) is 6.14. The summed E-state index contributed by atoms with van der Waals surface area (Å²) in [6.07, 6.45) is 1.60. The van der Waals surface area contributed by atoms with Crippen LogP contribution in [0.4, 0.5) is 5.82 Å². The Morgan fingerprint density at radius 3 is 2.90 bits per heavy atom. The number of hydrogen-bond acceptors (Lipinski definition) is 6. The Bertz CT molecular complexity index is 688. The lowest BCUT2D eigenvalue weighted by atomic mass is 10.1. The van der Waals surface area contributed by atoms with Gasteiger partial charge < -0.3 is 15.2 Å². The number of anilines is 1. The number of nitrogens with two attached hydrogens (primary N) is 1. The summed E-state index contributed by atoms with van der Waals surface area (Å²) in [6.45, 7) is 0.0856. The van der Waals surface area contributed by atoms with Crippen LogP contribution in [0, 0.1) is 11.3 Å². The SMILES string of the molecule is COc1cc(COC(=O)Cn2ccc(N)n2)ccc1C#N. The van der Waals surface area contributed by atoms with Gasteiger partial charge in [0.1, 0.15) is 30.8 Å². The molecule has 0 saturated heterocycles. The van der Waals surface area contributed by atoms with Crippen LogP contribution < -0.4 is 10.5 Å². The third-order valence-corrected chi connectivity index (χ3v) is 2.74. The van der Waals surface area contributed by atoms with Gasteiger partial charge in [-0.25, -0.2) is 0 Å². The standard InChI is InChI=1S/C14H14N4O3/c1-20-12-6-10(2-3-11(12)7-15)9-21-14(19)8-18-5-4-13(16)17-18/h2-6H,8-9H2,1H3,(H2,16,17). The van der Waals surface area contributed by atoms with Gasteiger partial charge in [0.05, 0.1) is 12.7 Å². The van der Waals surface area contributed by atoms with Crippen molar-refractivity contribution in [3.63, 3.8) is 0 Å². The first-order chi connectivity index (χ1) is 10.1. The van der Waals surface area contributed by atoms with E-state index in [-0.39, 0.29) is 13.2 Å². The first-order valence-electron chi connectivity index (χ1n) is 6.14. The van der Waals surface area contributed by atoms with Gasteiger partial charge in [-0.2, -0.15) is 10.4 Å². The molecule has 7 heteroatoms. The minimum absolute atomic E-state index is 0.00931. The van der Waals surface area contributed by atoms with Gasteiger partial charge in [0.25, 0.3) is 0 Å². The molecule has 0 saturated carbocycles. The van der Waals surface area contributed by atoms with Crippen LogP contribution in [-0.4, -0.2) is 22.9 Å². The van der Waals surface area contributed by atoms with E-state index < -0.39 is 5.97 Å². The predicted octanol–water partition coefficient (Wildman–Crippen LogP) is 1.09. The van der Waals surface area contributed by atoms with E-state index in [2.05, 4.69) is 5.10 Å². The molecule has 1 heterocycles. The van der Waals surface area contributed by atoms with Crippen LogP contribution in [-0.2, 0) is 22.7 Å². The van der Waals surface area contributed by atoms with E-state index in [1.807, 2.05) is 6.07 Å². The maximum atomic E-state index is 11.7. The predicted molar refractivity (Wildman–Crippen MR) is 74.1 cm³/mol.